The molecule has 2 saturated heterocycles. The zero-order valence-corrected chi connectivity index (χ0v) is 22.8. The Hall–Kier alpha value is -1.10. The number of nitrogens with one attached hydrogen (secondary N) is 2. The average molecular weight is 566 g/mol. The number of ether oxygens (including phenoxy) is 1. The van der Waals surface area contributed by atoms with E-state index in [9.17, 15) is 9.59 Å². The van der Waals surface area contributed by atoms with Gasteiger partial charge in [-0.1, -0.05) is 20.3 Å². The lowest BCUT2D eigenvalue weighted by Crippen LogP contribution is -2.50. The van der Waals surface area contributed by atoms with E-state index in [4.69, 9.17) is 4.74 Å². The molecule has 2 heterocycles. The zero-order chi connectivity index (χ0) is 22.7. The molecule has 2 aliphatic rings. The van der Waals surface area contributed by atoms with Gasteiger partial charge in [0.1, 0.15) is 0 Å². The molecule has 0 saturated carbocycles. The van der Waals surface area contributed by atoms with E-state index < -0.39 is 0 Å². The predicted octanol–water partition coefficient (Wildman–Crippen LogP) is 2.62. The van der Waals surface area contributed by atoms with Crippen LogP contribution in [0, 0.1) is 5.92 Å². The predicted molar refractivity (Wildman–Crippen MR) is 139 cm³/mol. The van der Waals surface area contributed by atoms with Crippen LogP contribution in [-0.4, -0.2) is 86.1 Å². The summed E-state index contributed by atoms with van der Waals surface area (Å²) in [5.74, 6) is 1.61. The van der Waals surface area contributed by atoms with Gasteiger partial charge in [-0.2, -0.15) is 0 Å². The van der Waals surface area contributed by atoms with E-state index in [1.807, 2.05) is 9.80 Å². The highest BCUT2D eigenvalue weighted by Crippen LogP contribution is 2.23. The van der Waals surface area contributed by atoms with Gasteiger partial charge >= 0.3 is 0 Å². The minimum absolute atomic E-state index is 0. The van der Waals surface area contributed by atoms with Gasteiger partial charge in [0.15, 0.2) is 5.96 Å². The Kier molecular flexibility index (Phi) is 13.5. The van der Waals surface area contributed by atoms with Gasteiger partial charge in [0.25, 0.3) is 0 Å². The molecule has 2 N–H and O–H groups in total. The number of halogens is 1. The minimum Gasteiger partial charge on any atom is -0.373 e. The van der Waals surface area contributed by atoms with Gasteiger partial charge in [0.05, 0.1) is 5.60 Å². The van der Waals surface area contributed by atoms with Crippen LogP contribution in [0.2, 0.25) is 0 Å². The molecule has 2 rings (SSSR count). The molecular weight excluding hydrogens is 521 g/mol. The fraction of sp³-hybridized carbons (Fsp3) is 0.870. The van der Waals surface area contributed by atoms with E-state index in [0.29, 0.717) is 44.9 Å². The highest BCUT2D eigenvalue weighted by atomic mass is 127. The number of guanidine groups is 1. The molecule has 1 atom stereocenters. The van der Waals surface area contributed by atoms with Crippen molar-refractivity contribution >= 4 is 41.8 Å². The number of unbranched alkanes of at least 4 members (excludes halogenated alkanes) is 2. The Bertz CT molecular complexity index is 600. The third kappa shape index (κ3) is 10.2. The van der Waals surface area contributed by atoms with Crippen LogP contribution in [0.15, 0.2) is 4.99 Å². The van der Waals surface area contributed by atoms with Crippen molar-refractivity contribution in [3.05, 3.63) is 0 Å². The van der Waals surface area contributed by atoms with E-state index in [0.717, 1.165) is 57.8 Å². The number of rotatable bonds is 10. The van der Waals surface area contributed by atoms with E-state index in [1.165, 1.54) is 0 Å². The van der Waals surface area contributed by atoms with Crippen LogP contribution in [0.25, 0.3) is 0 Å². The first-order valence-electron chi connectivity index (χ1n) is 12.0. The van der Waals surface area contributed by atoms with E-state index in [2.05, 4.69) is 36.4 Å². The van der Waals surface area contributed by atoms with E-state index in [1.54, 1.807) is 7.05 Å². The normalized spacial score (nSPS) is 21.5. The lowest BCUT2D eigenvalue weighted by atomic mass is 10.0. The van der Waals surface area contributed by atoms with Gasteiger partial charge in [-0.25, -0.2) is 0 Å². The molecule has 9 heteroatoms. The van der Waals surface area contributed by atoms with Crippen molar-refractivity contribution < 1.29 is 14.3 Å². The topological polar surface area (TPSA) is 86.3 Å². The second-order valence-electron chi connectivity index (χ2n) is 9.42. The summed E-state index contributed by atoms with van der Waals surface area (Å²) in [6.07, 6.45) is 6.27. The molecule has 186 valence electrons. The zero-order valence-electron chi connectivity index (χ0n) is 20.5. The van der Waals surface area contributed by atoms with Crippen LogP contribution in [-0.2, 0) is 14.3 Å². The highest BCUT2D eigenvalue weighted by Gasteiger charge is 2.29. The largest absolute Gasteiger partial charge is 0.373 e. The van der Waals surface area contributed by atoms with Gasteiger partial charge < -0.3 is 25.2 Å². The Morgan fingerprint density at radius 2 is 1.69 bits per heavy atom. The third-order valence-corrected chi connectivity index (χ3v) is 6.08. The van der Waals surface area contributed by atoms with Crippen LogP contribution >= 0.6 is 24.0 Å². The van der Waals surface area contributed by atoms with Crippen molar-refractivity contribution in [2.75, 3.05) is 52.9 Å². The first kappa shape index (κ1) is 28.9. The Balaban J connectivity index is 0.00000512. The second kappa shape index (κ2) is 14.9. The van der Waals surface area contributed by atoms with Crippen molar-refractivity contribution in [2.24, 2.45) is 10.9 Å². The molecule has 0 bridgehead atoms. The number of nitrogens with zero attached hydrogens (tertiary/aromatic N) is 3. The van der Waals surface area contributed by atoms with E-state index in [-0.39, 0.29) is 41.4 Å². The van der Waals surface area contributed by atoms with Crippen LogP contribution in [0.5, 0.6) is 0 Å². The monoisotopic (exact) mass is 565 g/mol. The quantitative estimate of drug-likeness (QED) is 0.184. The number of piperazine rings is 1. The van der Waals surface area contributed by atoms with Crippen LogP contribution in [0.1, 0.15) is 65.7 Å². The molecule has 0 spiro atoms. The molecule has 0 aliphatic carbocycles. The van der Waals surface area contributed by atoms with Crippen molar-refractivity contribution in [3.63, 3.8) is 0 Å². The molecule has 0 aromatic heterocycles. The first-order chi connectivity index (χ1) is 14.8. The number of hydrogen-bond donors (Lipinski definition) is 2. The lowest BCUT2D eigenvalue weighted by molar-refractivity contribution is -0.140. The van der Waals surface area contributed by atoms with Crippen LogP contribution in [0.3, 0.4) is 0 Å². The van der Waals surface area contributed by atoms with Gasteiger partial charge in [-0.05, 0) is 38.5 Å². The van der Waals surface area contributed by atoms with E-state index >= 15 is 0 Å². The standard InChI is InChI=1S/C23H43N5O3.HI/c1-19(2)17-21(30)28-14-12-27(13-15-28)20(29)9-6-5-7-11-25-22(24-4)26-18-23(3)10-8-16-31-23;/h19H,5-18H2,1-4H3,(H2,24,25,26);1H. The SMILES string of the molecule is CN=C(NCCCCCC(=O)N1CCN(C(=O)CC(C)C)CC1)NCC1(C)CCCO1.I. The molecule has 0 radical (unpaired) electrons. The maximum atomic E-state index is 12.4. The minimum atomic E-state index is -0.0921. The third-order valence-electron chi connectivity index (χ3n) is 6.08. The molecule has 2 fully saturated rings. The average Bonchev–Trinajstić information content (AvgIpc) is 3.18. The molecular formula is C23H44IN5O3. The summed E-state index contributed by atoms with van der Waals surface area (Å²) in [6.45, 7) is 11.4. The van der Waals surface area contributed by atoms with Crippen LogP contribution < -0.4 is 10.6 Å². The summed E-state index contributed by atoms with van der Waals surface area (Å²) in [6, 6.07) is 0. The van der Waals surface area contributed by atoms with Gasteiger partial charge in [-0.3, -0.25) is 14.6 Å². The summed E-state index contributed by atoms with van der Waals surface area (Å²) < 4.78 is 5.80. The van der Waals surface area contributed by atoms with Crippen molar-refractivity contribution in [1.82, 2.24) is 20.4 Å². The Labute approximate surface area is 211 Å². The summed E-state index contributed by atoms with van der Waals surface area (Å²) >= 11 is 0. The number of hydrogen-bond acceptors (Lipinski definition) is 4. The molecule has 0 aromatic rings. The smallest absolute Gasteiger partial charge is 0.222 e. The van der Waals surface area contributed by atoms with Gasteiger partial charge in [0, 0.05) is 65.8 Å². The molecule has 8 nitrogen and oxygen atoms in total. The molecule has 0 aromatic carbocycles. The molecule has 32 heavy (non-hydrogen) atoms. The first-order valence-corrected chi connectivity index (χ1v) is 12.0. The molecule has 1 unspecified atom stereocenters. The summed E-state index contributed by atoms with van der Waals surface area (Å²) in [7, 11) is 1.78. The number of carbonyl (C=O) groups is 2. The maximum Gasteiger partial charge on any atom is 0.222 e. The fourth-order valence-corrected chi connectivity index (χ4v) is 4.09. The number of aliphatic imine (C=N–C) groups is 1. The number of amides is 2. The van der Waals surface area contributed by atoms with Crippen molar-refractivity contribution in [3.8, 4) is 0 Å². The van der Waals surface area contributed by atoms with Crippen LogP contribution in [0.4, 0.5) is 0 Å². The summed E-state index contributed by atoms with van der Waals surface area (Å²) in [5.41, 5.74) is -0.0921. The highest BCUT2D eigenvalue weighted by molar-refractivity contribution is 14.0. The molecule has 2 aliphatic heterocycles. The lowest BCUT2D eigenvalue weighted by Gasteiger charge is -2.35. The summed E-state index contributed by atoms with van der Waals surface area (Å²) in [4.78, 5) is 32.7. The summed E-state index contributed by atoms with van der Waals surface area (Å²) in [5, 5.41) is 6.69. The van der Waals surface area contributed by atoms with Crippen molar-refractivity contribution in [2.45, 2.75) is 71.3 Å². The van der Waals surface area contributed by atoms with Gasteiger partial charge in [0.2, 0.25) is 11.8 Å². The molecule has 2 amide bonds. The second-order valence-corrected chi connectivity index (χ2v) is 9.42. The fourth-order valence-electron chi connectivity index (χ4n) is 4.09. The maximum absolute atomic E-state index is 12.4. The Morgan fingerprint density at radius 1 is 1.03 bits per heavy atom. The van der Waals surface area contributed by atoms with Gasteiger partial charge in [-0.15, -0.1) is 24.0 Å². The number of carbonyl (C=O) groups excluding carboxylic acids is 2. The Morgan fingerprint density at radius 3 is 2.25 bits per heavy atom. The van der Waals surface area contributed by atoms with Crippen molar-refractivity contribution in [1.29, 1.82) is 0 Å².